The molecule has 5 nitrogen and oxygen atoms in total. The molecule has 0 spiro atoms. The van der Waals surface area contributed by atoms with E-state index in [0.717, 1.165) is 42.1 Å². The number of benzene rings is 2. The minimum Gasteiger partial charge on any atom is -0.383 e. The number of hydrogen-bond donors (Lipinski definition) is 2. The quantitative estimate of drug-likeness (QED) is 0.307. The second-order valence-corrected chi connectivity index (χ2v) is 9.44. The molecule has 1 saturated carbocycles. The number of anilines is 1. The first-order valence-corrected chi connectivity index (χ1v) is 12.3. The molecule has 1 aliphatic carbocycles. The monoisotopic (exact) mass is 455 g/mol. The minimum absolute atomic E-state index is 0.517. The van der Waals surface area contributed by atoms with Crippen LogP contribution in [-0.4, -0.2) is 23.5 Å². The molecule has 0 bridgehead atoms. The zero-order chi connectivity index (χ0) is 24.1. The zero-order valence-electron chi connectivity index (χ0n) is 20.5. The average molecular weight is 456 g/mol. The first-order chi connectivity index (χ1) is 16.5. The van der Waals surface area contributed by atoms with E-state index in [1.54, 1.807) is 0 Å². The summed E-state index contributed by atoms with van der Waals surface area (Å²) >= 11 is 0. The summed E-state index contributed by atoms with van der Waals surface area (Å²) in [7, 11) is 0. The van der Waals surface area contributed by atoms with E-state index in [2.05, 4.69) is 95.7 Å². The number of amidine groups is 1. The van der Waals surface area contributed by atoms with Crippen LogP contribution >= 0.6 is 0 Å². The number of hydrogen-bond acceptors (Lipinski definition) is 3. The Morgan fingerprint density at radius 3 is 2.62 bits per heavy atom. The average Bonchev–Trinajstić information content (AvgIpc) is 3.17. The molecule has 5 heteroatoms. The molecule has 3 aromatic rings. The molecular formula is C29H37N5. The smallest absolute Gasteiger partial charge is 0.133 e. The maximum Gasteiger partial charge on any atom is 0.133 e. The van der Waals surface area contributed by atoms with Gasteiger partial charge in [0.05, 0.1) is 0 Å². The van der Waals surface area contributed by atoms with Crippen LogP contribution in [0.2, 0.25) is 0 Å². The Balaban J connectivity index is 1.74. The molecular weight excluding hydrogens is 418 g/mol. The highest BCUT2D eigenvalue weighted by Crippen LogP contribution is 2.41. The molecule has 0 radical (unpaired) electrons. The summed E-state index contributed by atoms with van der Waals surface area (Å²) in [5.41, 5.74) is 19.2. The highest BCUT2D eigenvalue weighted by Gasteiger charge is 2.30. The summed E-state index contributed by atoms with van der Waals surface area (Å²) in [5, 5.41) is 0. The third kappa shape index (κ3) is 5.10. The number of aliphatic imine (C=N–C) groups is 1. The topological polar surface area (TPSA) is 72.6 Å². The maximum absolute atomic E-state index is 6.45. The third-order valence-corrected chi connectivity index (χ3v) is 6.89. The first kappa shape index (κ1) is 23.8. The SMILES string of the molecule is C=CN=C(N)c1c(-c2cccc(N(CCCN)Cc3ccccc3)c2)cn(C2CC(C)C2)c1C. The zero-order valence-corrected chi connectivity index (χ0v) is 20.5. The fourth-order valence-electron chi connectivity index (χ4n) is 5.05. The highest BCUT2D eigenvalue weighted by molar-refractivity contribution is 6.05. The Bertz CT molecular complexity index is 1140. The molecule has 0 atom stereocenters. The van der Waals surface area contributed by atoms with E-state index in [9.17, 15) is 0 Å². The lowest BCUT2D eigenvalue weighted by Crippen LogP contribution is -2.25. The summed E-state index contributed by atoms with van der Waals surface area (Å²) in [6, 6.07) is 19.9. The highest BCUT2D eigenvalue weighted by atomic mass is 15.1. The van der Waals surface area contributed by atoms with Crippen LogP contribution in [-0.2, 0) is 6.54 Å². The van der Waals surface area contributed by atoms with Gasteiger partial charge >= 0.3 is 0 Å². The number of nitrogens with two attached hydrogens (primary N) is 2. The van der Waals surface area contributed by atoms with E-state index in [0.29, 0.717) is 18.4 Å². The van der Waals surface area contributed by atoms with Crippen LogP contribution in [0.3, 0.4) is 0 Å². The summed E-state index contributed by atoms with van der Waals surface area (Å²) in [4.78, 5) is 6.75. The molecule has 0 unspecified atom stereocenters. The lowest BCUT2D eigenvalue weighted by atomic mass is 9.81. The number of nitrogens with zero attached hydrogens (tertiary/aromatic N) is 3. The van der Waals surface area contributed by atoms with Crippen LogP contribution < -0.4 is 16.4 Å². The predicted octanol–water partition coefficient (Wildman–Crippen LogP) is 5.64. The Kier molecular flexibility index (Phi) is 7.53. The fourth-order valence-corrected chi connectivity index (χ4v) is 5.05. The predicted molar refractivity (Wildman–Crippen MR) is 144 cm³/mol. The van der Waals surface area contributed by atoms with E-state index in [-0.39, 0.29) is 0 Å². The van der Waals surface area contributed by atoms with Crippen LogP contribution in [0.15, 0.2) is 78.6 Å². The van der Waals surface area contributed by atoms with Gasteiger partial charge in [-0.05, 0) is 61.9 Å². The van der Waals surface area contributed by atoms with Crippen molar-refractivity contribution in [2.24, 2.45) is 22.4 Å². The van der Waals surface area contributed by atoms with E-state index >= 15 is 0 Å². The van der Waals surface area contributed by atoms with Gasteiger partial charge in [0.1, 0.15) is 5.84 Å². The van der Waals surface area contributed by atoms with E-state index < -0.39 is 0 Å². The van der Waals surface area contributed by atoms with E-state index in [1.807, 2.05) is 0 Å². The van der Waals surface area contributed by atoms with Gasteiger partial charge in [-0.3, -0.25) is 0 Å². The summed E-state index contributed by atoms with van der Waals surface area (Å²) in [5.74, 6) is 1.29. The first-order valence-electron chi connectivity index (χ1n) is 12.3. The Hall–Kier alpha value is -3.31. The Morgan fingerprint density at radius 2 is 1.94 bits per heavy atom. The van der Waals surface area contributed by atoms with Crippen LogP contribution in [0.5, 0.6) is 0 Å². The minimum atomic E-state index is 0.517. The van der Waals surface area contributed by atoms with Crippen molar-refractivity contribution >= 4 is 11.5 Å². The van der Waals surface area contributed by atoms with Crippen molar-refractivity contribution in [3.8, 4) is 11.1 Å². The molecule has 1 fully saturated rings. The lowest BCUT2D eigenvalue weighted by Gasteiger charge is -2.35. The Morgan fingerprint density at radius 1 is 1.18 bits per heavy atom. The van der Waals surface area contributed by atoms with Gasteiger partial charge in [0.2, 0.25) is 0 Å². The molecule has 34 heavy (non-hydrogen) atoms. The molecule has 4 rings (SSSR count). The van der Waals surface area contributed by atoms with Gasteiger partial charge < -0.3 is 20.9 Å². The molecule has 2 aromatic carbocycles. The standard InChI is InChI=1S/C29H37N5/c1-4-32-29(31)28-22(3)34(26-16-21(2)17-26)20-27(28)24-12-8-13-25(18-24)33(15-9-14-30)19-23-10-6-5-7-11-23/h4-8,10-13,18,20-21,26H,1,9,14-17,19,30H2,2-3H3,(H2,31,32). The van der Waals surface area contributed by atoms with Crippen LogP contribution in [0.4, 0.5) is 5.69 Å². The van der Waals surface area contributed by atoms with Crippen LogP contribution in [0.25, 0.3) is 11.1 Å². The molecule has 4 N–H and O–H groups in total. The molecule has 1 heterocycles. The third-order valence-electron chi connectivity index (χ3n) is 6.89. The van der Waals surface area contributed by atoms with Gasteiger partial charge in [-0.2, -0.15) is 0 Å². The molecule has 0 aliphatic heterocycles. The molecule has 1 aromatic heterocycles. The molecule has 178 valence electrons. The second-order valence-electron chi connectivity index (χ2n) is 9.44. The Labute approximate surface area is 203 Å². The van der Waals surface area contributed by atoms with Gasteiger partial charge in [0.25, 0.3) is 0 Å². The van der Waals surface area contributed by atoms with Crippen molar-refractivity contribution in [3.63, 3.8) is 0 Å². The number of rotatable bonds is 10. The van der Waals surface area contributed by atoms with Gasteiger partial charge in [-0.1, -0.05) is 56.0 Å². The molecule has 1 aliphatic rings. The fraction of sp³-hybridized carbons (Fsp3) is 0.345. The van der Waals surface area contributed by atoms with Crippen molar-refractivity contribution in [3.05, 3.63) is 90.4 Å². The van der Waals surface area contributed by atoms with E-state index in [4.69, 9.17) is 11.5 Å². The van der Waals surface area contributed by atoms with Crippen LogP contribution in [0.1, 0.15) is 49.0 Å². The number of aromatic nitrogens is 1. The van der Waals surface area contributed by atoms with Gasteiger partial charge in [0, 0.05) is 54.0 Å². The van der Waals surface area contributed by atoms with Crippen molar-refractivity contribution < 1.29 is 0 Å². The van der Waals surface area contributed by atoms with Gasteiger partial charge in [-0.15, -0.1) is 0 Å². The molecule has 0 amide bonds. The molecule has 0 saturated heterocycles. The van der Waals surface area contributed by atoms with Crippen molar-refractivity contribution in [2.75, 3.05) is 18.0 Å². The summed E-state index contributed by atoms with van der Waals surface area (Å²) < 4.78 is 2.40. The van der Waals surface area contributed by atoms with Crippen LogP contribution in [0, 0.1) is 12.8 Å². The lowest BCUT2D eigenvalue weighted by molar-refractivity contribution is 0.214. The summed E-state index contributed by atoms with van der Waals surface area (Å²) in [6.07, 6.45) is 7.14. The van der Waals surface area contributed by atoms with E-state index in [1.165, 1.54) is 36.0 Å². The van der Waals surface area contributed by atoms with Crippen molar-refractivity contribution in [1.82, 2.24) is 4.57 Å². The summed E-state index contributed by atoms with van der Waals surface area (Å²) in [6.45, 7) is 10.6. The normalized spacial score (nSPS) is 17.9. The second kappa shape index (κ2) is 10.7. The van der Waals surface area contributed by atoms with Crippen molar-refractivity contribution in [1.29, 1.82) is 0 Å². The maximum atomic E-state index is 6.45. The van der Waals surface area contributed by atoms with Gasteiger partial charge in [-0.25, -0.2) is 4.99 Å². The van der Waals surface area contributed by atoms with Gasteiger partial charge in [0.15, 0.2) is 0 Å². The van der Waals surface area contributed by atoms with Crippen molar-refractivity contribution in [2.45, 2.75) is 45.7 Å². The largest absolute Gasteiger partial charge is 0.383 e.